The van der Waals surface area contributed by atoms with E-state index in [0.29, 0.717) is 32.5 Å². The van der Waals surface area contributed by atoms with Gasteiger partial charge in [-0.1, -0.05) is 0 Å². The van der Waals surface area contributed by atoms with Crippen molar-refractivity contribution in [1.82, 2.24) is 13.5 Å². The quantitative estimate of drug-likeness (QED) is 0.792. The van der Waals surface area contributed by atoms with Gasteiger partial charge in [0.25, 0.3) is 10.2 Å². The summed E-state index contributed by atoms with van der Waals surface area (Å²) in [4.78, 5) is 13.2. The van der Waals surface area contributed by atoms with Gasteiger partial charge in [0, 0.05) is 32.2 Å². The van der Waals surface area contributed by atoms with Crippen LogP contribution in [-0.4, -0.2) is 79.3 Å². The second-order valence-electron chi connectivity index (χ2n) is 6.16. The number of nitrogens with zero attached hydrogens (tertiary/aromatic N) is 3. The molecule has 21 heavy (non-hydrogen) atoms. The number of rotatable bonds is 4. The van der Waals surface area contributed by atoms with Crippen molar-refractivity contribution in [3.63, 3.8) is 0 Å². The Labute approximate surface area is 126 Å². The second-order valence-corrected chi connectivity index (χ2v) is 8.09. The van der Waals surface area contributed by atoms with Gasteiger partial charge in [0.15, 0.2) is 0 Å². The maximum Gasteiger partial charge on any atom is 0.307 e. The second kappa shape index (κ2) is 6.60. The minimum atomic E-state index is -3.54. The van der Waals surface area contributed by atoms with Crippen molar-refractivity contribution in [1.29, 1.82) is 0 Å². The number of piperidine rings is 2. The number of carbonyl (C=O) groups is 1. The van der Waals surface area contributed by atoms with Crippen LogP contribution in [0.3, 0.4) is 0 Å². The fraction of sp³-hybridized carbons (Fsp3) is 0.923. The largest absolute Gasteiger partial charge is 0.481 e. The molecule has 122 valence electrons. The van der Waals surface area contributed by atoms with E-state index in [1.807, 2.05) is 14.1 Å². The average Bonchev–Trinajstić information content (AvgIpc) is 2.47. The standard InChI is InChI=1S/C13H25N3O4S/c1-14(2)12-6-4-8-16(10-12)21(19,20)15-7-3-5-11(9-15)13(17)18/h11-12H,3-10H2,1-2H3,(H,17,18). The first-order valence-electron chi connectivity index (χ1n) is 7.47. The lowest BCUT2D eigenvalue weighted by Crippen LogP contribution is -2.54. The monoisotopic (exact) mass is 319 g/mol. The molecule has 0 saturated carbocycles. The first kappa shape index (κ1) is 16.7. The van der Waals surface area contributed by atoms with Crippen LogP contribution in [0.5, 0.6) is 0 Å². The number of carboxylic acids is 1. The maximum atomic E-state index is 12.7. The highest BCUT2D eigenvalue weighted by atomic mass is 32.2. The summed E-state index contributed by atoms with van der Waals surface area (Å²) in [6, 6.07) is 0.230. The molecule has 2 aliphatic rings. The minimum Gasteiger partial charge on any atom is -0.481 e. The van der Waals surface area contributed by atoms with Gasteiger partial charge >= 0.3 is 5.97 Å². The highest BCUT2D eigenvalue weighted by molar-refractivity contribution is 7.86. The zero-order chi connectivity index (χ0) is 15.6. The van der Waals surface area contributed by atoms with E-state index in [-0.39, 0.29) is 12.6 Å². The molecular weight excluding hydrogens is 294 g/mol. The lowest BCUT2D eigenvalue weighted by molar-refractivity contribution is -0.142. The molecule has 0 amide bonds. The van der Waals surface area contributed by atoms with Crippen LogP contribution in [0.4, 0.5) is 0 Å². The van der Waals surface area contributed by atoms with Gasteiger partial charge in [-0.15, -0.1) is 0 Å². The van der Waals surface area contributed by atoms with Crippen molar-refractivity contribution in [3.8, 4) is 0 Å². The van der Waals surface area contributed by atoms with E-state index in [9.17, 15) is 13.2 Å². The van der Waals surface area contributed by atoms with Gasteiger partial charge in [0.1, 0.15) is 0 Å². The third-order valence-electron chi connectivity index (χ3n) is 4.48. The molecule has 2 atom stereocenters. The van der Waals surface area contributed by atoms with E-state index >= 15 is 0 Å². The Kier molecular flexibility index (Phi) is 5.24. The molecule has 0 radical (unpaired) electrons. The van der Waals surface area contributed by atoms with Gasteiger partial charge in [0.05, 0.1) is 5.92 Å². The normalized spacial score (nSPS) is 29.7. The maximum absolute atomic E-state index is 12.7. The van der Waals surface area contributed by atoms with Crippen molar-refractivity contribution >= 4 is 16.2 Å². The molecule has 2 unspecified atom stereocenters. The van der Waals surface area contributed by atoms with Crippen LogP contribution in [0, 0.1) is 5.92 Å². The molecule has 0 aromatic heterocycles. The molecule has 2 rings (SSSR count). The first-order valence-corrected chi connectivity index (χ1v) is 8.86. The zero-order valence-electron chi connectivity index (χ0n) is 12.7. The van der Waals surface area contributed by atoms with Gasteiger partial charge in [-0.25, -0.2) is 0 Å². The average molecular weight is 319 g/mol. The molecule has 2 heterocycles. The molecule has 0 bridgehead atoms. The summed E-state index contributed by atoms with van der Waals surface area (Å²) >= 11 is 0. The van der Waals surface area contributed by atoms with Gasteiger partial charge < -0.3 is 10.0 Å². The van der Waals surface area contributed by atoms with Crippen LogP contribution >= 0.6 is 0 Å². The summed E-state index contributed by atoms with van der Waals surface area (Å²) in [6.07, 6.45) is 3.01. The predicted molar refractivity (Wildman–Crippen MR) is 79.1 cm³/mol. The molecule has 7 nitrogen and oxygen atoms in total. The Morgan fingerprint density at radius 1 is 1.10 bits per heavy atom. The summed E-state index contributed by atoms with van der Waals surface area (Å²) in [5, 5.41) is 9.11. The van der Waals surface area contributed by atoms with Crippen molar-refractivity contribution in [2.75, 3.05) is 40.3 Å². The Bertz CT molecular complexity index is 480. The Morgan fingerprint density at radius 3 is 2.24 bits per heavy atom. The third kappa shape index (κ3) is 3.74. The number of likely N-dealkylation sites (N-methyl/N-ethyl adjacent to an activating group) is 1. The van der Waals surface area contributed by atoms with Crippen LogP contribution in [0.25, 0.3) is 0 Å². The predicted octanol–water partition coefficient (Wildman–Crippen LogP) is 0.0538. The number of hydrogen-bond donors (Lipinski definition) is 1. The van der Waals surface area contributed by atoms with Gasteiger partial charge in [0.2, 0.25) is 0 Å². The minimum absolute atomic E-state index is 0.0980. The fourth-order valence-electron chi connectivity index (χ4n) is 3.07. The molecule has 1 N–H and O–H groups in total. The van der Waals surface area contributed by atoms with Gasteiger partial charge in [-0.2, -0.15) is 17.0 Å². The van der Waals surface area contributed by atoms with Crippen LogP contribution in [0.15, 0.2) is 0 Å². The highest BCUT2D eigenvalue weighted by Gasteiger charge is 2.38. The van der Waals surface area contributed by atoms with Crippen molar-refractivity contribution < 1.29 is 18.3 Å². The van der Waals surface area contributed by atoms with Crippen LogP contribution < -0.4 is 0 Å². The van der Waals surface area contributed by atoms with Gasteiger partial charge in [-0.3, -0.25) is 4.79 Å². The number of hydrogen-bond acceptors (Lipinski definition) is 4. The molecule has 2 aliphatic heterocycles. The molecule has 0 spiro atoms. The summed E-state index contributed by atoms with van der Waals surface area (Å²) in [7, 11) is 0.380. The number of carboxylic acid groups (broad SMARTS) is 1. The molecule has 0 aromatic rings. The first-order chi connectivity index (χ1) is 9.82. The highest BCUT2D eigenvalue weighted by Crippen LogP contribution is 2.24. The Balaban J connectivity index is 2.08. The van der Waals surface area contributed by atoms with E-state index in [1.54, 1.807) is 0 Å². The number of aliphatic carboxylic acids is 1. The molecule has 0 aromatic carbocycles. The fourth-order valence-corrected chi connectivity index (χ4v) is 4.84. The molecular formula is C13H25N3O4S. The summed E-state index contributed by atoms with van der Waals surface area (Å²) in [5.74, 6) is -1.48. The van der Waals surface area contributed by atoms with Gasteiger partial charge in [-0.05, 0) is 39.8 Å². The van der Waals surface area contributed by atoms with E-state index < -0.39 is 22.1 Å². The van der Waals surface area contributed by atoms with Crippen molar-refractivity contribution in [3.05, 3.63) is 0 Å². The molecule has 8 heteroatoms. The van der Waals surface area contributed by atoms with Crippen LogP contribution in [0.2, 0.25) is 0 Å². The SMILES string of the molecule is CN(C)C1CCCN(S(=O)(=O)N2CCCC(C(=O)O)C2)C1. The van der Waals surface area contributed by atoms with E-state index in [0.717, 1.165) is 12.8 Å². The smallest absolute Gasteiger partial charge is 0.307 e. The van der Waals surface area contributed by atoms with Crippen molar-refractivity contribution in [2.24, 2.45) is 5.92 Å². The Hall–Kier alpha value is -0.700. The molecule has 0 aliphatic carbocycles. The summed E-state index contributed by atoms with van der Waals surface area (Å²) in [6.45, 7) is 1.54. The van der Waals surface area contributed by atoms with Crippen LogP contribution in [-0.2, 0) is 15.0 Å². The topological polar surface area (TPSA) is 81.2 Å². The third-order valence-corrected chi connectivity index (χ3v) is 6.44. The summed E-state index contributed by atoms with van der Waals surface area (Å²) in [5.41, 5.74) is 0. The van der Waals surface area contributed by atoms with E-state index in [2.05, 4.69) is 4.90 Å². The molecule has 2 saturated heterocycles. The lowest BCUT2D eigenvalue weighted by Gasteiger charge is -2.39. The lowest BCUT2D eigenvalue weighted by atomic mass is 10.0. The van der Waals surface area contributed by atoms with E-state index in [4.69, 9.17) is 5.11 Å². The zero-order valence-corrected chi connectivity index (χ0v) is 13.5. The van der Waals surface area contributed by atoms with Crippen LogP contribution in [0.1, 0.15) is 25.7 Å². The molecule has 2 fully saturated rings. The Morgan fingerprint density at radius 2 is 1.67 bits per heavy atom. The van der Waals surface area contributed by atoms with E-state index in [1.165, 1.54) is 8.61 Å². The van der Waals surface area contributed by atoms with Crippen molar-refractivity contribution in [2.45, 2.75) is 31.7 Å². The summed E-state index contributed by atoms with van der Waals surface area (Å²) < 4.78 is 28.3.